The van der Waals surface area contributed by atoms with Crippen molar-refractivity contribution in [2.24, 2.45) is 0 Å². The van der Waals surface area contributed by atoms with E-state index < -0.39 is 0 Å². The molecule has 0 saturated carbocycles. The zero-order valence-corrected chi connectivity index (χ0v) is 9.13. The van der Waals surface area contributed by atoms with E-state index in [1.54, 1.807) is 6.07 Å². The Kier molecular flexibility index (Phi) is 4.11. The third-order valence-electron chi connectivity index (χ3n) is 2.30. The Bertz CT molecular complexity index is 368. The fourth-order valence-electron chi connectivity index (χ4n) is 1.38. The molecule has 1 aromatic carbocycles. The molecule has 80 valence electrons. The number of hydrogen-bond donors (Lipinski definition) is 0. The summed E-state index contributed by atoms with van der Waals surface area (Å²) in [6.45, 7) is 2.99. The largest absolute Gasteiger partial charge is 0.374 e. The lowest BCUT2D eigenvalue weighted by atomic mass is 10.2. The van der Waals surface area contributed by atoms with Gasteiger partial charge in [0, 0.05) is 19.3 Å². The highest BCUT2D eigenvalue weighted by atomic mass is 19.1. The molecule has 0 aromatic heterocycles. The zero-order valence-electron chi connectivity index (χ0n) is 9.13. The molecule has 0 amide bonds. The molecule has 1 aromatic rings. The molecule has 0 aliphatic heterocycles. The van der Waals surface area contributed by atoms with Gasteiger partial charge in [-0.1, -0.05) is 13.3 Å². The predicted molar refractivity (Wildman–Crippen MR) is 59.3 cm³/mol. The van der Waals surface area contributed by atoms with Crippen LogP contribution in [-0.4, -0.2) is 13.6 Å². The summed E-state index contributed by atoms with van der Waals surface area (Å²) in [5, 5.41) is 8.71. The van der Waals surface area contributed by atoms with Crippen molar-refractivity contribution in [2.45, 2.75) is 19.8 Å². The number of anilines is 1. The molecule has 0 radical (unpaired) electrons. The van der Waals surface area contributed by atoms with Crippen LogP contribution in [0, 0.1) is 17.1 Å². The Morgan fingerprint density at radius 3 is 2.73 bits per heavy atom. The molecule has 15 heavy (non-hydrogen) atoms. The zero-order chi connectivity index (χ0) is 11.3. The Hall–Kier alpha value is -1.56. The van der Waals surface area contributed by atoms with Gasteiger partial charge in [0.25, 0.3) is 0 Å². The molecule has 2 nitrogen and oxygen atoms in total. The lowest BCUT2D eigenvalue weighted by molar-refractivity contribution is 0.626. The molecule has 0 spiro atoms. The number of hydrogen-bond acceptors (Lipinski definition) is 2. The van der Waals surface area contributed by atoms with Crippen LogP contribution in [0.4, 0.5) is 10.1 Å². The maximum atomic E-state index is 13.1. The predicted octanol–water partition coefficient (Wildman–Crippen LogP) is 2.93. The van der Waals surface area contributed by atoms with E-state index >= 15 is 0 Å². The van der Waals surface area contributed by atoms with Crippen molar-refractivity contribution in [3.05, 3.63) is 29.6 Å². The van der Waals surface area contributed by atoms with Gasteiger partial charge in [-0.25, -0.2) is 4.39 Å². The quantitative estimate of drug-likeness (QED) is 0.757. The molecule has 0 aliphatic rings. The van der Waals surface area contributed by atoms with Gasteiger partial charge in [0.05, 0.1) is 11.6 Å². The Labute approximate surface area is 89.9 Å². The summed E-state index contributed by atoms with van der Waals surface area (Å²) < 4.78 is 13.1. The first-order valence-electron chi connectivity index (χ1n) is 5.09. The van der Waals surface area contributed by atoms with E-state index in [1.807, 2.05) is 18.0 Å². The second kappa shape index (κ2) is 5.35. The number of benzene rings is 1. The minimum Gasteiger partial charge on any atom is -0.374 e. The molecule has 1 rings (SSSR count). The lowest BCUT2D eigenvalue weighted by Gasteiger charge is -2.19. The molecular weight excluding hydrogens is 191 g/mol. The summed E-state index contributed by atoms with van der Waals surface area (Å²) in [6, 6.07) is 6.36. The first-order chi connectivity index (χ1) is 7.17. The highest BCUT2D eigenvalue weighted by molar-refractivity contribution is 5.51. The van der Waals surface area contributed by atoms with Gasteiger partial charge in [-0.3, -0.25) is 0 Å². The van der Waals surface area contributed by atoms with Gasteiger partial charge in [0.1, 0.15) is 5.82 Å². The van der Waals surface area contributed by atoms with Gasteiger partial charge in [-0.2, -0.15) is 5.26 Å². The monoisotopic (exact) mass is 206 g/mol. The van der Waals surface area contributed by atoms with E-state index in [9.17, 15) is 4.39 Å². The first kappa shape index (κ1) is 11.5. The molecule has 0 aliphatic carbocycles. The molecule has 0 unspecified atom stereocenters. The Morgan fingerprint density at radius 2 is 2.13 bits per heavy atom. The van der Waals surface area contributed by atoms with Gasteiger partial charge in [0.15, 0.2) is 0 Å². The average Bonchev–Trinajstić information content (AvgIpc) is 2.24. The van der Waals surface area contributed by atoms with Crippen LogP contribution in [-0.2, 0) is 0 Å². The molecule has 0 bridgehead atoms. The number of rotatable bonds is 4. The Balaban J connectivity index is 2.84. The minimum atomic E-state index is -0.354. The smallest absolute Gasteiger partial charge is 0.126 e. The second-order valence-electron chi connectivity index (χ2n) is 3.59. The summed E-state index contributed by atoms with van der Waals surface area (Å²) in [5.41, 5.74) is 1.13. The van der Waals surface area contributed by atoms with Crippen molar-refractivity contribution < 1.29 is 4.39 Å². The number of nitrogens with zero attached hydrogens (tertiary/aromatic N) is 2. The molecule has 0 N–H and O–H groups in total. The van der Waals surface area contributed by atoms with Crippen molar-refractivity contribution in [2.75, 3.05) is 18.5 Å². The van der Waals surface area contributed by atoms with E-state index in [0.29, 0.717) is 5.56 Å². The highest BCUT2D eigenvalue weighted by Gasteiger charge is 2.04. The maximum Gasteiger partial charge on any atom is 0.126 e. The van der Waals surface area contributed by atoms with Gasteiger partial charge in [-0.05, 0) is 24.6 Å². The van der Waals surface area contributed by atoms with Crippen LogP contribution in [0.5, 0.6) is 0 Å². The van der Waals surface area contributed by atoms with Crippen LogP contribution in [0.3, 0.4) is 0 Å². The van der Waals surface area contributed by atoms with Crippen LogP contribution in [0.25, 0.3) is 0 Å². The maximum absolute atomic E-state index is 13.1. The molecule has 0 atom stereocenters. The second-order valence-corrected chi connectivity index (χ2v) is 3.59. The third kappa shape index (κ3) is 3.25. The van der Waals surface area contributed by atoms with Crippen molar-refractivity contribution >= 4 is 5.69 Å². The van der Waals surface area contributed by atoms with Crippen molar-refractivity contribution in [1.29, 1.82) is 5.26 Å². The highest BCUT2D eigenvalue weighted by Crippen LogP contribution is 2.17. The van der Waals surface area contributed by atoms with E-state index in [1.165, 1.54) is 12.1 Å². The SMILES string of the molecule is CCCCN(C)c1cc(F)cc(C#N)c1. The summed E-state index contributed by atoms with van der Waals surface area (Å²) >= 11 is 0. The summed E-state index contributed by atoms with van der Waals surface area (Å²) in [5.74, 6) is -0.354. The van der Waals surface area contributed by atoms with Crippen molar-refractivity contribution in [1.82, 2.24) is 0 Å². The normalized spacial score (nSPS) is 9.73. The van der Waals surface area contributed by atoms with Gasteiger partial charge < -0.3 is 4.90 Å². The third-order valence-corrected chi connectivity index (χ3v) is 2.30. The standard InChI is InChI=1S/C12H15FN2/c1-3-4-5-15(2)12-7-10(9-14)6-11(13)8-12/h6-8H,3-5H2,1-2H3. The van der Waals surface area contributed by atoms with Crippen LogP contribution >= 0.6 is 0 Å². The van der Waals surface area contributed by atoms with Crippen LogP contribution in [0.2, 0.25) is 0 Å². The van der Waals surface area contributed by atoms with E-state index in [4.69, 9.17) is 5.26 Å². The molecule has 0 fully saturated rings. The van der Waals surface area contributed by atoms with E-state index in [-0.39, 0.29) is 5.82 Å². The molecular formula is C12H15FN2. The van der Waals surface area contributed by atoms with E-state index in [2.05, 4.69) is 6.92 Å². The van der Waals surface area contributed by atoms with Crippen molar-refractivity contribution in [3.8, 4) is 6.07 Å². The summed E-state index contributed by atoms with van der Waals surface area (Å²) in [4.78, 5) is 1.97. The van der Waals surface area contributed by atoms with Gasteiger partial charge in [-0.15, -0.1) is 0 Å². The number of nitriles is 1. The van der Waals surface area contributed by atoms with Crippen LogP contribution in [0.15, 0.2) is 18.2 Å². The Morgan fingerprint density at radius 1 is 1.40 bits per heavy atom. The topological polar surface area (TPSA) is 27.0 Å². The number of halogens is 1. The first-order valence-corrected chi connectivity index (χ1v) is 5.09. The fraction of sp³-hybridized carbons (Fsp3) is 0.417. The van der Waals surface area contributed by atoms with Gasteiger partial charge >= 0.3 is 0 Å². The van der Waals surface area contributed by atoms with Crippen LogP contribution < -0.4 is 4.90 Å². The lowest BCUT2D eigenvalue weighted by Crippen LogP contribution is -2.18. The average molecular weight is 206 g/mol. The molecule has 0 saturated heterocycles. The van der Waals surface area contributed by atoms with Crippen LogP contribution in [0.1, 0.15) is 25.3 Å². The summed E-state index contributed by atoms with van der Waals surface area (Å²) in [6.07, 6.45) is 2.17. The fourth-order valence-corrected chi connectivity index (χ4v) is 1.38. The van der Waals surface area contributed by atoms with E-state index in [0.717, 1.165) is 25.1 Å². The summed E-state index contributed by atoms with van der Waals surface area (Å²) in [7, 11) is 1.91. The van der Waals surface area contributed by atoms with Crippen molar-refractivity contribution in [3.63, 3.8) is 0 Å². The molecule has 0 heterocycles. The minimum absolute atomic E-state index is 0.354. The number of unbranched alkanes of at least 4 members (excludes halogenated alkanes) is 1. The van der Waals surface area contributed by atoms with Gasteiger partial charge in [0.2, 0.25) is 0 Å². The molecule has 3 heteroatoms.